The molecular formula is C9H9BrFNOS. The van der Waals surface area contributed by atoms with Crippen molar-refractivity contribution in [1.29, 1.82) is 0 Å². The van der Waals surface area contributed by atoms with E-state index >= 15 is 0 Å². The fraction of sp³-hybridized carbons (Fsp3) is 0.222. The Kier molecular flexibility index (Phi) is 3.83. The minimum atomic E-state index is -0.460. The van der Waals surface area contributed by atoms with E-state index in [0.29, 0.717) is 16.6 Å². The number of ether oxygens (including phenoxy) is 1. The Hall–Kier alpha value is -0.680. The van der Waals surface area contributed by atoms with Crippen molar-refractivity contribution in [3.8, 4) is 5.75 Å². The van der Waals surface area contributed by atoms with Crippen LogP contribution in [0.2, 0.25) is 0 Å². The van der Waals surface area contributed by atoms with Gasteiger partial charge in [-0.2, -0.15) is 0 Å². The van der Waals surface area contributed by atoms with Gasteiger partial charge in [0.1, 0.15) is 4.99 Å². The maximum absolute atomic E-state index is 13.3. The lowest BCUT2D eigenvalue weighted by atomic mass is 10.2. The fourth-order valence-corrected chi connectivity index (χ4v) is 1.82. The fourth-order valence-electron chi connectivity index (χ4n) is 0.984. The lowest BCUT2D eigenvalue weighted by Gasteiger charge is -2.08. The number of hydrogen-bond acceptors (Lipinski definition) is 2. The highest BCUT2D eigenvalue weighted by molar-refractivity contribution is 9.10. The molecule has 76 valence electrons. The molecule has 1 aromatic rings. The molecule has 0 spiro atoms. The molecule has 0 fully saturated rings. The van der Waals surface area contributed by atoms with Crippen molar-refractivity contribution in [2.75, 3.05) is 6.61 Å². The Morgan fingerprint density at radius 2 is 2.29 bits per heavy atom. The predicted octanol–water partition coefficient (Wildman–Crippen LogP) is 2.62. The summed E-state index contributed by atoms with van der Waals surface area (Å²) >= 11 is 8.00. The molecule has 0 amide bonds. The van der Waals surface area contributed by atoms with Gasteiger partial charge in [0, 0.05) is 10.0 Å². The van der Waals surface area contributed by atoms with Gasteiger partial charge in [0.05, 0.1) is 6.61 Å². The summed E-state index contributed by atoms with van der Waals surface area (Å²) in [4.78, 5) is 0.152. The molecule has 0 saturated carbocycles. The molecule has 0 saturated heterocycles. The van der Waals surface area contributed by atoms with Gasteiger partial charge in [-0.05, 0) is 35.0 Å². The molecule has 14 heavy (non-hydrogen) atoms. The van der Waals surface area contributed by atoms with Crippen molar-refractivity contribution in [2.45, 2.75) is 6.92 Å². The van der Waals surface area contributed by atoms with E-state index in [1.54, 1.807) is 6.92 Å². The van der Waals surface area contributed by atoms with E-state index in [2.05, 4.69) is 15.9 Å². The van der Waals surface area contributed by atoms with Crippen LogP contribution in [0, 0.1) is 5.82 Å². The smallest absolute Gasteiger partial charge is 0.165 e. The van der Waals surface area contributed by atoms with E-state index in [1.807, 2.05) is 0 Å². The largest absolute Gasteiger partial charge is 0.491 e. The van der Waals surface area contributed by atoms with Crippen LogP contribution in [0.4, 0.5) is 4.39 Å². The van der Waals surface area contributed by atoms with Gasteiger partial charge in [0.2, 0.25) is 0 Å². The van der Waals surface area contributed by atoms with Crippen molar-refractivity contribution in [3.05, 3.63) is 28.0 Å². The van der Waals surface area contributed by atoms with Crippen LogP contribution in [-0.2, 0) is 0 Å². The Bertz CT molecular complexity index is 370. The summed E-state index contributed by atoms with van der Waals surface area (Å²) in [5.41, 5.74) is 5.87. The minimum absolute atomic E-state index is 0.152. The van der Waals surface area contributed by atoms with Crippen molar-refractivity contribution in [3.63, 3.8) is 0 Å². The molecule has 2 N–H and O–H groups in total. The summed E-state index contributed by atoms with van der Waals surface area (Å²) in [6.07, 6.45) is 0. The van der Waals surface area contributed by atoms with Gasteiger partial charge in [-0.25, -0.2) is 4.39 Å². The third-order valence-electron chi connectivity index (χ3n) is 1.59. The molecule has 1 aromatic carbocycles. The second-order valence-electron chi connectivity index (χ2n) is 2.56. The summed E-state index contributed by atoms with van der Waals surface area (Å²) in [6.45, 7) is 2.20. The van der Waals surface area contributed by atoms with Crippen molar-refractivity contribution < 1.29 is 9.13 Å². The molecule has 1 rings (SSSR count). The summed E-state index contributed by atoms with van der Waals surface area (Å²) in [5, 5.41) is 0. The van der Waals surface area contributed by atoms with E-state index in [4.69, 9.17) is 22.7 Å². The first kappa shape index (κ1) is 11.4. The zero-order valence-corrected chi connectivity index (χ0v) is 9.91. The average Bonchev–Trinajstić information content (AvgIpc) is 2.10. The van der Waals surface area contributed by atoms with Crippen LogP contribution in [0.5, 0.6) is 5.75 Å². The summed E-state index contributed by atoms with van der Waals surface area (Å²) in [5.74, 6) is -0.266. The van der Waals surface area contributed by atoms with E-state index < -0.39 is 5.82 Å². The van der Waals surface area contributed by atoms with E-state index in [-0.39, 0.29) is 10.7 Å². The second kappa shape index (κ2) is 4.70. The molecule has 0 aromatic heterocycles. The Labute approximate surface area is 95.4 Å². The molecule has 0 aliphatic rings. The van der Waals surface area contributed by atoms with Crippen molar-refractivity contribution >= 4 is 33.1 Å². The van der Waals surface area contributed by atoms with Crippen LogP contribution in [0.1, 0.15) is 12.5 Å². The molecule has 0 atom stereocenters. The van der Waals surface area contributed by atoms with Gasteiger partial charge in [0.25, 0.3) is 0 Å². The second-order valence-corrected chi connectivity index (χ2v) is 3.85. The van der Waals surface area contributed by atoms with Crippen molar-refractivity contribution in [1.82, 2.24) is 0 Å². The molecule has 0 radical (unpaired) electrons. The van der Waals surface area contributed by atoms with Gasteiger partial charge < -0.3 is 10.5 Å². The van der Waals surface area contributed by atoms with Crippen LogP contribution in [-0.4, -0.2) is 11.6 Å². The monoisotopic (exact) mass is 277 g/mol. The standard InChI is InChI=1S/C9H9BrFNOS/c1-2-13-8-4-6(10)5(9(12)14)3-7(8)11/h3-4H,2H2,1H3,(H2,12,14). The molecule has 0 unspecified atom stereocenters. The summed E-state index contributed by atoms with van der Waals surface area (Å²) in [6, 6.07) is 2.78. The Balaban J connectivity index is 3.17. The molecule has 0 aliphatic heterocycles. The van der Waals surface area contributed by atoms with Gasteiger partial charge >= 0.3 is 0 Å². The lowest BCUT2D eigenvalue weighted by Crippen LogP contribution is -2.11. The first-order valence-corrected chi connectivity index (χ1v) is 5.18. The lowest BCUT2D eigenvalue weighted by molar-refractivity contribution is 0.321. The van der Waals surface area contributed by atoms with Crippen LogP contribution in [0.25, 0.3) is 0 Å². The first-order chi connectivity index (χ1) is 6.56. The van der Waals surface area contributed by atoms with E-state index in [9.17, 15) is 4.39 Å². The van der Waals surface area contributed by atoms with Gasteiger partial charge in [-0.3, -0.25) is 0 Å². The molecule has 0 aliphatic carbocycles. The van der Waals surface area contributed by atoms with Crippen molar-refractivity contribution in [2.24, 2.45) is 5.73 Å². The topological polar surface area (TPSA) is 35.2 Å². The maximum Gasteiger partial charge on any atom is 0.165 e. The third-order valence-corrected chi connectivity index (χ3v) is 2.46. The zero-order valence-electron chi connectivity index (χ0n) is 7.51. The van der Waals surface area contributed by atoms with Crippen LogP contribution < -0.4 is 10.5 Å². The van der Waals surface area contributed by atoms with Crippen LogP contribution in [0.3, 0.4) is 0 Å². The number of hydrogen-bond donors (Lipinski definition) is 1. The predicted molar refractivity (Wildman–Crippen MR) is 61.2 cm³/mol. The average molecular weight is 278 g/mol. The Morgan fingerprint density at radius 3 is 2.79 bits per heavy atom. The number of rotatable bonds is 3. The highest BCUT2D eigenvalue weighted by atomic mass is 79.9. The first-order valence-electron chi connectivity index (χ1n) is 3.98. The van der Waals surface area contributed by atoms with Crippen LogP contribution >= 0.6 is 28.1 Å². The SMILES string of the molecule is CCOc1cc(Br)c(C(N)=S)cc1F. The quantitative estimate of drug-likeness (QED) is 0.863. The van der Waals surface area contributed by atoms with Gasteiger partial charge in [-0.15, -0.1) is 0 Å². The zero-order chi connectivity index (χ0) is 10.7. The Morgan fingerprint density at radius 1 is 1.64 bits per heavy atom. The number of benzene rings is 1. The normalized spacial score (nSPS) is 9.93. The molecule has 0 bridgehead atoms. The number of halogens is 2. The maximum atomic E-state index is 13.3. The minimum Gasteiger partial charge on any atom is -0.491 e. The molecule has 2 nitrogen and oxygen atoms in total. The summed E-state index contributed by atoms with van der Waals surface area (Å²) in [7, 11) is 0. The number of nitrogens with two attached hydrogens (primary N) is 1. The highest BCUT2D eigenvalue weighted by Crippen LogP contribution is 2.26. The summed E-state index contributed by atoms with van der Waals surface area (Å²) < 4.78 is 19.0. The highest BCUT2D eigenvalue weighted by Gasteiger charge is 2.10. The molecule has 0 heterocycles. The third kappa shape index (κ3) is 2.42. The number of thiocarbonyl (C=S) groups is 1. The van der Waals surface area contributed by atoms with Crippen LogP contribution in [0.15, 0.2) is 16.6 Å². The van der Waals surface area contributed by atoms with E-state index in [1.165, 1.54) is 12.1 Å². The molecule has 5 heteroatoms. The van der Waals surface area contributed by atoms with Gasteiger partial charge in [0.15, 0.2) is 11.6 Å². The molecular weight excluding hydrogens is 269 g/mol. The van der Waals surface area contributed by atoms with Gasteiger partial charge in [-0.1, -0.05) is 12.2 Å². The van der Waals surface area contributed by atoms with E-state index in [0.717, 1.165) is 0 Å².